The summed E-state index contributed by atoms with van der Waals surface area (Å²) in [5.74, 6) is -0.661. The number of carbonyl (C=O) groups excluding carboxylic acids is 1. The number of nitrogens with zero attached hydrogens (tertiary/aromatic N) is 1. The molecule has 5 heteroatoms. The highest BCUT2D eigenvalue weighted by molar-refractivity contribution is 5.94. The van der Waals surface area contributed by atoms with Crippen LogP contribution >= 0.6 is 0 Å². The molecule has 104 valence electrons. The first-order valence-corrected chi connectivity index (χ1v) is 6.54. The van der Waals surface area contributed by atoms with E-state index in [2.05, 4.69) is 0 Å². The van der Waals surface area contributed by atoms with E-state index in [1.165, 1.54) is 18.2 Å². The van der Waals surface area contributed by atoms with Crippen LogP contribution in [0.15, 0.2) is 18.2 Å². The molecule has 0 aliphatic carbocycles. The van der Waals surface area contributed by atoms with Crippen LogP contribution in [0.25, 0.3) is 0 Å². The Labute approximate surface area is 112 Å². The number of benzene rings is 1. The van der Waals surface area contributed by atoms with Crippen molar-refractivity contribution in [1.29, 1.82) is 0 Å². The van der Waals surface area contributed by atoms with Crippen LogP contribution < -0.4 is 0 Å². The third-order valence-electron chi connectivity index (χ3n) is 3.34. The molecule has 1 aliphatic rings. The molecule has 19 heavy (non-hydrogen) atoms. The molecule has 0 aromatic heterocycles. The van der Waals surface area contributed by atoms with Crippen molar-refractivity contribution in [2.75, 3.05) is 19.7 Å². The van der Waals surface area contributed by atoms with Crippen molar-refractivity contribution >= 4 is 5.91 Å². The maximum absolute atomic E-state index is 12.3. The van der Waals surface area contributed by atoms with E-state index in [0.29, 0.717) is 18.7 Å². The van der Waals surface area contributed by atoms with E-state index in [4.69, 9.17) is 4.74 Å². The summed E-state index contributed by atoms with van der Waals surface area (Å²) in [6, 6.07) is 4.12. The zero-order valence-electron chi connectivity index (χ0n) is 11.0. The van der Waals surface area contributed by atoms with Crippen molar-refractivity contribution in [2.24, 2.45) is 0 Å². The van der Waals surface area contributed by atoms with E-state index in [0.717, 1.165) is 19.4 Å². The summed E-state index contributed by atoms with van der Waals surface area (Å²) in [5.41, 5.74) is 0.371. The van der Waals surface area contributed by atoms with Crippen LogP contribution in [0.2, 0.25) is 0 Å². The Morgan fingerprint density at radius 3 is 2.79 bits per heavy atom. The van der Waals surface area contributed by atoms with Crippen LogP contribution in [0.4, 0.5) is 0 Å². The van der Waals surface area contributed by atoms with E-state index in [1.807, 2.05) is 6.92 Å². The molecule has 1 aromatic rings. The van der Waals surface area contributed by atoms with Gasteiger partial charge in [-0.15, -0.1) is 0 Å². The number of ether oxygens (including phenoxy) is 1. The monoisotopic (exact) mass is 265 g/mol. The summed E-state index contributed by atoms with van der Waals surface area (Å²) in [5, 5.41) is 18.7. The van der Waals surface area contributed by atoms with Crippen LogP contribution in [0.3, 0.4) is 0 Å². The molecule has 1 fully saturated rings. The van der Waals surface area contributed by atoms with Crippen molar-refractivity contribution in [3.63, 3.8) is 0 Å². The first-order valence-electron chi connectivity index (χ1n) is 6.54. The molecule has 1 amide bonds. The van der Waals surface area contributed by atoms with Gasteiger partial charge in [-0.25, -0.2) is 0 Å². The molecule has 0 saturated carbocycles. The van der Waals surface area contributed by atoms with Gasteiger partial charge in [0, 0.05) is 25.3 Å². The second-order valence-corrected chi connectivity index (χ2v) is 4.68. The summed E-state index contributed by atoms with van der Waals surface area (Å²) >= 11 is 0. The first kappa shape index (κ1) is 13.7. The largest absolute Gasteiger partial charge is 0.504 e. The average molecular weight is 265 g/mol. The third-order valence-corrected chi connectivity index (χ3v) is 3.34. The molecule has 1 atom stereocenters. The van der Waals surface area contributed by atoms with Crippen LogP contribution in [-0.2, 0) is 4.74 Å². The minimum Gasteiger partial charge on any atom is -0.504 e. The van der Waals surface area contributed by atoms with Gasteiger partial charge in [0.25, 0.3) is 5.91 Å². The second kappa shape index (κ2) is 5.93. The Morgan fingerprint density at radius 1 is 1.42 bits per heavy atom. The summed E-state index contributed by atoms with van der Waals surface area (Å²) in [6.07, 6.45) is 2.12. The lowest BCUT2D eigenvalue weighted by molar-refractivity contribution is 0.0539. The van der Waals surface area contributed by atoms with Gasteiger partial charge in [0.05, 0.1) is 6.10 Å². The highest BCUT2D eigenvalue weighted by atomic mass is 16.5. The lowest BCUT2D eigenvalue weighted by atomic mass is 10.1. The van der Waals surface area contributed by atoms with Crippen molar-refractivity contribution in [3.05, 3.63) is 23.8 Å². The van der Waals surface area contributed by atoms with E-state index >= 15 is 0 Å². The zero-order valence-corrected chi connectivity index (χ0v) is 11.0. The number of phenolic OH excluding ortho intramolecular Hbond substituents is 2. The topological polar surface area (TPSA) is 70.0 Å². The molecule has 1 unspecified atom stereocenters. The minimum atomic E-state index is -0.279. The van der Waals surface area contributed by atoms with Crippen LogP contribution in [0, 0.1) is 0 Å². The normalized spacial score (nSPS) is 18.5. The maximum Gasteiger partial charge on any atom is 0.254 e. The third kappa shape index (κ3) is 3.17. The molecule has 1 saturated heterocycles. The van der Waals surface area contributed by atoms with E-state index < -0.39 is 0 Å². The van der Waals surface area contributed by atoms with Crippen molar-refractivity contribution < 1.29 is 19.7 Å². The lowest BCUT2D eigenvalue weighted by Crippen LogP contribution is -2.37. The Kier molecular flexibility index (Phi) is 4.27. The molecular formula is C14H19NO4. The summed E-state index contributed by atoms with van der Waals surface area (Å²) in [7, 11) is 0. The number of phenols is 2. The number of rotatable bonds is 4. The Morgan fingerprint density at radius 2 is 2.21 bits per heavy atom. The number of aromatic hydroxyl groups is 2. The Balaban J connectivity index is 2.08. The van der Waals surface area contributed by atoms with E-state index in [1.54, 1.807) is 4.90 Å². The smallest absolute Gasteiger partial charge is 0.254 e. The number of likely N-dealkylation sites (N-methyl/N-ethyl adjacent to an activating group) is 1. The van der Waals surface area contributed by atoms with Crippen molar-refractivity contribution in [2.45, 2.75) is 25.9 Å². The highest BCUT2D eigenvalue weighted by Gasteiger charge is 2.22. The van der Waals surface area contributed by atoms with Crippen LogP contribution in [0.1, 0.15) is 30.1 Å². The predicted molar refractivity (Wildman–Crippen MR) is 70.3 cm³/mol. The van der Waals surface area contributed by atoms with Gasteiger partial charge in [-0.05, 0) is 38.0 Å². The first-order chi connectivity index (χ1) is 9.11. The summed E-state index contributed by atoms with van der Waals surface area (Å²) in [6.45, 7) is 3.82. The Bertz CT molecular complexity index is 455. The molecular weight excluding hydrogens is 246 g/mol. The van der Waals surface area contributed by atoms with E-state index in [-0.39, 0.29) is 23.5 Å². The van der Waals surface area contributed by atoms with Crippen LogP contribution in [-0.4, -0.2) is 46.8 Å². The molecule has 5 nitrogen and oxygen atoms in total. The molecule has 2 N–H and O–H groups in total. The minimum absolute atomic E-state index is 0.106. The zero-order chi connectivity index (χ0) is 13.8. The van der Waals surface area contributed by atoms with Gasteiger partial charge in [-0.2, -0.15) is 0 Å². The van der Waals surface area contributed by atoms with Gasteiger partial charge in [-0.3, -0.25) is 4.79 Å². The van der Waals surface area contributed by atoms with Crippen molar-refractivity contribution in [1.82, 2.24) is 4.90 Å². The molecule has 0 spiro atoms. The fourth-order valence-electron chi connectivity index (χ4n) is 2.23. The van der Waals surface area contributed by atoms with Gasteiger partial charge < -0.3 is 19.8 Å². The maximum atomic E-state index is 12.3. The predicted octanol–water partition coefficient (Wildman–Crippen LogP) is 1.74. The van der Waals surface area contributed by atoms with Crippen molar-refractivity contribution in [3.8, 4) is 11.5 Å². The molecule has 1 heterocycles. The molecule has 1 aromatic carbocycles. The van der Waals surface area contributed by atoms with Gasteiger partial charge in [-0.1, -0.05) is 0 Å². The molecule has 0 radical (unpaired) electrons. The fourth-order valence-corrected chi connectivity index (χ4v) is 2.23. The summed E-state index contributed by atoms with van der Waals surface area (Å²) in [4.78, 5) is 14.0. The van der Waals surface area contributed by atoms with Gasteiger partial charge in [0.1, 0.15) is 0 Å². The standard InChI is InChI=1S/C14H19NO4/c1-2-15(9-11-4-3-7-19-11)14(18)10-5-6-12(16)13(17)8-10/h5-6,8,11,16-17H,2-4,7,9H2,1H3. The SMILES string of the molecule is CCN(CC1CCCO1)C(=O)c1ccc(O)c(O)c1. The highest BCUT2D eigenvalue weighted by Crippen LogP contribution is 2.25. The quantitative estimate of drug-likeness (QED) is 0.814. The number of amides is 1. The molecule has 2 rings (SSSR count). The van der Waals surface area contributed by atoms with Crippen LogP contribution in [0.5, 0.6) is 11.5 Å². The second-order valence-electron chi connectivity index (χ2n) is 4.68. The molecule has 0 bridgehead atoms. The lowest BCUT2D eigenvalue weighted by Gasteiger charge is -2.24. The molecule has 1 aliphatic heterocycles. The number of carbonyl (C=O) groups is 1. The van der Waals surface area contributed by atoms with E-state index in [9.17, 15) is 15.0 Å². The van der Waals surface area contributed by atoms with Gasteiger partial charge >= 0.3 is 0 Å². The Hall–Kier alpha value is -1.75. The summed E-state index contributed by atoms with van der Waals surface area (Å²) < 4.78 is 5.53. The number of hydrogen-bond donors (Lipinski definition) is 2. The average Bonchev–Trinajstić information content (AvgIpc) is 2.91. The number of hydrogen-bond acceptors (Lipinski definition) is 4. The fraction of sp³-hybridized carbons (Fsp3) is 0.500. The van der Waals surface area contributed by atoms with Gasteiger partial charge in [0.2, 0.25) is 0 Å². The van der Waals surface area contributed by atoms with Gasteiger partial charge in [0.15, 0.2) is 11.5 Å².